The number of rotatable bonds is 3. The van der Waals surface area contributed by atoms with Gasteiger partial charge in [-0.1, -0.05) is 11.8 Å². The summed E-state index contributed by atoms with van der Waals surface area (Å²) in [5.41, 5.74) is 6.21. The number of hydrogen-bond donors (Lipinski definition) is 2. The van der Waals surface area contributed by atoms with Crippen molar-refractivity contribution in [3.63, 3.8) is 0 Å². The molecule has 17 heavy (non-hydrogen) atoms. The molecule has 7 heteroatoms. The average Bonchev–Trinajstić information content (AvgIpc) is 2.33. The quantitative estimate of drug-likeness (QED) is 0.508. The van der Waals surface area contributed by atoms with Crippen LogP contribution in [0.1, 0.15) is 5.56 Å². The van der Waals surface area contributed by atoms with Crippen LogP contribution in [0.25, 0.3) is 0 Å². The Morgan fingerprint density at radius 2 is 2.29 bits per heavy atom. The van der Waals surface area contributed by atoms with Crippen molar-refractivity contribution in [2.45, 2.75) is 0 Å². The van der Waals surface area contributed by atoms with Gasteiger partial charge in [0.1, 0.15) is 0 Å². The molecule has 1 aromatic rings. The largest absolute Gasteiger partial charge is 0.503 e. The van der Waals surface area contributed by atoms with E-state index >= 15 is 0 Å². The monoisotopic (exact) mass is 317 g/mol. The van der Waals surface area contributed by atoms with Gasteiger partial charge in [-0.3, -0.25) is 0 Å². The first-order chi connectivity index (χ1) is 8.08. The molecule has 0 spiro atoms. The lowest BCUT2D eigenvalue weighted by molar-refractivity contribution is 0.372. The number of benzene rings is 1. The van der Waals surface area contributed by atoms with Crippen LogP contribution >= 0.6 is 27.7 Å². The molecule has 0 saturated heterocycles. The summed E-state index contributed by atoms with van der Waals surface area (Å²) in [6.45, 7) is 0. The Hall–Kier alpha value is -1.21. The first kappa shape index (κ1) is 13.9. The van der Waals surface area contributed by atoms with E-state index in [-0.39, 0.29) is 5.75 Å². The van der Waals surface area contributed by atoms with Crippen LogP contribution in [-0.2, 0) is 0 Å². The SMILES string of the molecule is COc1cc(C=NN=C(N)SC)cc(Br)c1O. The minimum Gasteiger partial charge on any atom is -0.503 e. The molecule has 0 bridgehead atoms. The molecule has 0 fully saturated rings. The highest BCUT2D eigenvalue weighted by atomic mass is 79.9. The van der Waals surface area contributed by atoms with Crippen molar-refractivity contribution >= 4 is 39.1 Å². The second kappa shape index (κ2) is 6.51. The summed E-state index contributed by atoms with van der Waals surface area (Å²) in [6.07, 6.45) is 3.34. The third-order valence-corrected chi connectivity index (χ3v) is 2.95. The highest BCUT2D eigenvalue weighted by Gasteiger charge is 2.07. The van der Waals surface area contributed by atoms with Crippen LogP contribution in [0.3, 0.4) is 0 Å². The summed E-state index contributed by atoms with van der Waals surface area (Å²) in [7, 11) is 1.48. The fraction of sp³-hybridized carbons (Fsp3) is 0.200. The second-order valence-electron chi connectivity index (χ2n) is 2.94. The van der Waals surface area contributed by atoms with E-state index in [9.17, 15) is 5.11 Å². The number of hydrogen-bond acceptors (Lipinski definition) is 5. The van der Waals surface area contributed by atoms with Gasteiger partial charge >= 0.3 is 0 Å². The van der Waals surface area contributed by atoms with Crippen LogP contribution in [0, 0.1) is 0 Å². The summed E-state index contributed by atoms with van der Waals surface area (Å²) >= 11 is 4.53. The maximum Gasteiger partial charge on any atom is 0.180 e. The summed E-state index contributed by atoms with van der Waals surface area (Å²) in [5, 5.41) is 17.6. The highest BCUT2D eigenvalue weighted by molar-refractivity contribution is 9.10. The predicted octanol–water partition coefficient (Wildman–Crippen LogP) is 2.17. The van der Waals surface area contributed by atoms with E-state index in [4.69, 9.17) is 10.5 Å². The Labute approximate surface area is 112 Å². The number of ether oxygens (including phenoxy) is 1. The van der Waals surface area contributed by atoms with E-state index in [0.717, 1.165) is 5.56 Å². The third kappa shape index (κ3) is 3.94. The molecule has 1 aromatic carbocycles. The number of phenolic OH excluding ortho intramolecular Hbond substituents is 1. The molecule has 0 heterocycles. The molecular weight excluding hydrogens is 306 g/mol. The summed E-state index contributed by atoms with van der Waals surface area (Å²) in [4.78, 5) is 0. The van der Waals surface area contributed by atoms with Gasteiger partial charge in [0.05, 0.1) is 17.8 Å². The topological polar surface area (TPSA) is 80.2 Å². The van der Waals surface area contributed by atoms with Gasteiger partial charge in [-0.25, -0.2) is 0 Å². The summed E-state index contributed by atoms with van der Waals surface area (Å²) < 4.78 is 5.54. The van der Waals surface area contributed by atoms with Gasteiger partial charge in [0.25, 0.3) is 0 Å². The number of thioether (sulfide) groups is 1. The Balaban J connectivity index is 2.96. The number of aromatic hydroxyl groups is 1. The van der Waals surface area contributed by atoms with Crippen LogP contribution in [0.5, 0.6) is 11.5 Å². The lowest BCUT2D eigenvalue weighted by atomic mass is 10.2. The number of amidine groups is 1. The van der Waals surface area contributed by atoms with Gasteiger partial charge < -0.3 is 15.6 Å². The first-order valence-electron chi connectivity index (χ1n) is 4.55. The molecule has 5 nitrogen and oxygen atoms in total. The Bertz CT molecular complexity index is 463. The highest BCUT2D eigenvalue weighted by Crippen LogP contribution is 2.34. The Kier molecular flexibility index (Phi) is 5.30. The summed E-state index contributed by atoms with van der Waals surface area (Å²) in [5.74, 6) is 0.416. The molecule has 0 unspecified atom stereocenters. The second-order valence-corrected chi connectivity index (χ2v) is 4.62. The average molecular weight is 318 g/mol. The zero-order valence-corrected chi connectivity index (χ0v) is 11.7. The van der Waals surface area contributed by atoms with Crippen molar-refractivity contribution in [1.82, 2.24) is 0 Å². The molecule has 0 radical (unpaired) electrons. The van der Waals surface area contributed by atoms with Gasteiger partial charge in [0, 0.05) is 0 Å². The van der Waals surface area contributed by atoms with Crippen LogP contribution in [0.2, 0.25) is 0 Å². The number of methoxy groups -OCH3 is 1. The Morgan fingerprint density at radius 3 is 2.88 bits per heavy atom. The van der Waals surface area contributed by atoms with Gasteiger partial charge in [0.2, 0.25) is 0 Å². The van der Waals surface area contributed by atoms with E-state index < -0.39 is 0 Å². The molecule has 0 atom stereocenters. The van der Waals surface area contributed by atoms with E-state index in [2.05, 4.69) is 26.1 Å². The lowest BCUT2D eigenvalue weighted by Gasteiger charge is -2.05. The lowest BCUT2D eigenvalue weighted by Crippen LogP contribution is -2.03. The minimum absolute atomic E-state index is 0.0526. The molecular formula is C10H12BrN3O2S. The van der Waals surface area contributed by atoms with Gasteiger partial charge in [-0.15, -0.1) is 5.10 Å². The zero-order valence-electron chi connectivity index (χ0n) is 9.35. The Morgan fingerprint density at radius 1 is 1.59 bits per heavy atom. The predicted molar refractivity (Wildman–Crippen MR) is 75.1 cm³/mol. The van der Waals surface area contributed by atoms with Crippen molar-refractivity contribution in [1.29, 1.82) is 0 Å². The molecule has 0 aliphatic carbocycles. The van der Waals surface area contributed by atoms with Crippen molar-refractivity contribution in [3.05, 3.63) is 22.2 Å². The van der Waals surface area contributed by atoms with Crippen molar-refractivity contribution in [2.75, 3.05) is 13.4 Å². The minimum atomic E-state index is 0.0526. The molecule has 0 amide bonds. The zero-order chi connectivity index (χ0) is 12.8. The van der Waals surface area contributed by atoms with E-state index in [1.807, 2.05) is 6.26 Å². The number of phenols is 1. The van der Waals surface area contributed by atoms with Gasteiger partial charge in [0.15, 0.2) is 16.7 Å². The van der Waals surface area contributed by atoms with Crippen LogP contribution in [0.4, 0.5) is 0 Å². The standard InChI is InChI=1S/C10H12BrN3O2S/c1-16-8-4-6(3-7(11)9(8)15)5-13-14-10(12)17-2/h3-5,15H,1-2H3,(H2,12,14). The maximum absolute atomic E-state index is 9.61. The summed E-state index contributed by atoms with van der Waals surface area (Å²) in [6, 6.07) is 3.35. The van der Waals surface area contributed by atoms with E-state index in [1.54, 1.807) is 12.1 Å². The fourth-order valence-corrected chi connectivity index (χ4v) is 1.61. The van der Waals surface area contributed by atoms with Gasteiger partial charge in [-0.2, -0.15) is 5.10 Å². The molecule has 0 aliphatic heterocycles. The number of nitrogens with zero attached hydrogens (tertiary/aromatic N) is 2. The molecule has 1 rings (SSSR count). The van der Waals surface area contributed by atoms with Gasteiger partial charge in [-0.05, 0) is 39.9 Å². The van der Waals surface area contributed by atoms with Crippen molar-refractivity contribution in [3.8, 4) is 11.5 Å². The fourth-order valence-electron chi connectivity index (χ4n) is 1.02. The molecule has 0 saturated carbocycles. The molecule has 92 valence electrons. The molecule has 3 N–H and O–H groups in total. The third-order valence-electron chi connectivity index (χ3n) is 1.84. The van der Waals surface area contributed by atoms with Crippen molar-refractivity contribution < 1.29 is 9.84 Å². The van der Waals surface area contributed by atoms with Crippen LogP contribution in [-0.4, -0.2) is 29.9 Å². The van der Waals surface area contributed by atoms with E-state index in [1.165, 1.54) is 25.1 Å². The first-order valence-corrected chi connectivity index (χ1v) is 6.57. The number of halogens is 1. The molecule has 0 aliphatic rings. The molecule has 0 aromatic heterocycles. The number of nitrogens with two attached hydrogens (primary N) is 1. The maximum atomic E-state index is 9.61. The normalized spacial score (nSPS) is 12.1. The van der Waals surface area contributed by atoms with E-state index in [0.29, 0.717) is 15.4 Å². The van der Waals surface area contributed by atoms with Crippen molar-refractivity contribution in [2.24, 2.45) is 15.9 Å². The van der Waals surface area contributed by atoms with Crippen LogP contribution in [0.15, 0.2) is 26.8 Å². The van der Waals surface area contributed by atoms with Crippen LogP contribution < -0.4 is 10.5 Å². The smallest absolute Gasteiger partial charge is 0.180 e.